The molecule has 1 aromatic heterocycles. The van der Waals surface area contributed by atoms with Gasteiger partial charge in [0.1, 0.15) is 6.54 Å². The van der Waals surface area contributed by atoms with Gasteiger partial charge in [-0.15, -0.1) is 0 Å². The van der Waals surface area contributed by atoms with Crippen LogP contribution in [0.2, 0.25) is 0 Å². The van der Waals surface area contributed by atoms with Gasteiger partial charge in [-0.2, -0.15) is 5.10 Å². The van der Waals surface area contributed by atoms with Crippen molar-refractivity contribution in [2.75, 3.05) is 6.79 Å². The molecule has 0 fully saturated rings. The lowest BCUT2D eigenvalue weighted by Crippen LogP contribution is -2.24. The maximum atomic E-state index is 12.2. The van der Waals surface area contributed by atoms with E-state index in [0.29, 0.717) is 17.2 Å². The Balaban J connectivity index is 1.44. The van der Waals surface area contributed by atoms with E-state index in [1.807, 2.05) is 49.4 Å². The summed E-state index contributed by atoms with van der Waals surface area (Å²) >= 11 is 0. The fourth-order valence-corrected chi connectivity index (χ4v) is 2.66. The van der Waals surface area contributed by atoms with Gasteiger partial charge in [-0.3, -0.25) is 4.79 Å². The van der Waals surface area contributed by atoms with Crippen molar-refractivity contribution < 1.29 is 14.3 Å². The highest BCUT2D eigenvalue weighted by Gasteiger charge is 2.14. The number of imidazole rings is 1. The van der Waals surface area contributed by atoms with E-state index in [9.17, 15) is 4.79 Å². The first-order valence-corrected chi connectivity index (χ1v) is 7.84. The summed E-state index contributed by atoms with van der Waals surface area (Å²) in [5.74, 6) is 1.18. The first kappa shape index (κ1) is 15.2. The first-order chi connectivity index (χ1) is 12.2. The maximum absolute atomic E-state index is 12.2. The molecule has 1 N–H and O–H groups in total. The smallest absolute Gasteiger partial charge is 0.260 e. The minimum Gasteiger partial charge on any atom is -0.454 e. The molecule has 1 aliphatic heterocycles. The van der Waals surface area contributed by atoms with Crippen molar-refractivity contribution >= 4 is 22.7 Å². The number of carbonyl (C=O) groups is 1. The Morgan fingerprint density at radius 1 is 1.24 bits per heavy atom. The number of aromatic nitrogens is 2. The molecule has 0 unspecified atom stereocenters. The van der Waals surface area contributed by atoms with Crippen LogP contribution in [-0.4, -0.2) is 28.0 Å². The van der Waals surface area contributed by atoms with Gasteiger partial charge in [-0.1, -0.05) is 12.1 Å². The van der Waals surface area contributed by atoms with Crippen LogP contribution in [0.15, 0.2) is 53.9 Å². The van der Waals surface area contributed by atoms with E-state index in [-0.39, 0.29) is 19.2 Å². The van der Waals surface area contributed by atoms with Crippen molar-refractivity contribution in [3.05, 3.63) is 54.4 Å². The average molecular weight is 336 g/mol. The van der Waals surface area contributed by atoms with Gasteiger partial charge in [0, 0.05) is 5.56 Å². The van der Waals surface area contributed by atoms with Crippen LogP contribution in [-0.2, 0) is 11.3 Å². The van der Waals surface area contributed by atoms with E-state index in [1.54, 1.807) is 10.9 Å². The monoisotopic (exact) mass is 336 g/mol. The summed E-state index contributed by atoms with van der Waals surface area (Å²) < 4.78 is 12.4. The fourth-order valence-electron chi connectivity index (χ4n) is 2.66. The highest BCUT2D eigenvalue weighted by atomic mass is 16.7. The van der Waals surface area contributed by atoms with Gasteiger partial charge in [0.2, 0.25) is 6.79 Å². The Morgan fingerprint density at radius 2 is 2.08 bits per heavy atom. The quantitative estimate of drug-likeness (QED) is 0.586. The van der Waals surface area contributed by atoms with Crippen molar-refractivity contribution in [1.29, 1.82) is 0 Å². The Bertz CT molecular complexity index is 977. The second kappa shape index (κ2) is 6.27. The van der Waals surface area contributed by atoms with Gasteiger partial charge < -0.3 is 14.0 Å². The van der Waals surface area contributed by atoms with Gasteiger partial charge in [0.25, 0.3) is 5.91 Å². The number of nitrogens with one attached hydrogen (secondary N) is 1. The molecule has 126 valence electrons. The first-order valence-electron chi connectivity index (χ1n) is 7.84. The number of hydrogen-bond donors (Lipinski definition) is 1. The number of benzene rings is 2. The molecule has 1 aliphatic rings. The molecular formula is C18H16N4O3. The largest absolute Gasteiger partial charge is 0.454 e. The normalized spacial score (nSPS) is 13.2. The molecule has 0 atom stereocenters. The molecular weight excluding hydrogens is 320 g/mol. The number of nitrogens with zero attached hydrogens (tertiary/aromatic N) is 3. The predicted octanol–water partition coefficient (Wildman–Crippen LogP) is 2.31. The number of hydrogen-bond acceptors (Lipinski definition) is 5. The third-order valence-corrected chi connectivity index (χ3v) is 3.98. The molecule has 0 spiro atoms. The van der Waals surface area contributed by atoms with E-state index < -0.39 is 0 Å². The number of ether oxygens (including phenoxy) is 2. The zero-order valence-electron chi connectivity index (χ0n) is 13.6. The summed E-state index contributed by atoms with van der Waals surface area (Å²) in [5, 5.41) is 4.17. The zero-order chi connectivity index (χ0) is 17.2. The molecule has 0 saturated carbocycles. The number of fused-ring (bicyclic) bond motifs is 2. The summed E-state index contributed by atoms with van der Waals surface area (Å²) in [7, 11) is 0. The lowest BCUT2D eigenvalue weighted by atomic mass is 10.1. The summed E-state index contributed by atoms with van der Waals surface area (Å²) in [6.45, 7) is 2.20. The molecule has 7 nitrogen and oxygen atoms in total. The number of hydrazone groups is 1. The van der Waals surface area contributed by atoms with Crippen LogP contribution in [0.3, 0.4) is 0 Å². The predicted molar refractivity (Wildman–Crippen MR) is 92.7 cm³/mol. The molecule has 0 aliphatic carbocycles. The van der Waals surface area contributed by atoms with Crippen LogP contribution >= 0.6 is 0 Å². The van der Waals surface area contributed by atoms with Gasteiger partial charge in [-0.25, -0.2) is 10.4 Å². The van der Waals surface area contributed by atoms with Crippen LogP contribution < -0.4 is 14.9 Å². The van der Waals surface area contributed by atoms with Gasteiger partial charge in [0.15, 0.2) is 11.5 Å². The molecule has 3 aromatic rings. The minimum absolute atomic E-state index is 0.151. The summed E-state index contributed by atoms with van der Waals surface area (Å²) in [4.78, 5) is 16.4. The number of rotatable bonds is 4. The van der Waals surface area contributed by atoms with Crippen molar-refractivity contribution in [3.63, 3.8) is 0 Å². The fraction of sp³-hybridized carbons (Fsp3) is 0.167. The molecule has 0 bridgehead atoms. The van der Waals surface area contributed by atoms with Crippen molar-refractivity contribution in [2.24, 2.45) is 5.10 Å². The van der Waals surface area contributed by atoms with E-state index in [0.717, 1.165) is 16.6 Å². The Morgan fingerprint density at radius 3 is 3.00 bits per heavy atom. The molecule has 1 amide bonds. The Kier molecular flexibility index (Phi) is 3.81. The van der Waals surface area contributed by atoms with Crippen LogP contribution in [0.25, 0.3) is 11.0 Å². The molecule has 7 heteroatoms. The number of carbonyl (C=O) groups excluding carboxylic acids is 1. The summed E-state index contributed by atoms with van der Waals surface area (Å²) in [6, 6.07) is 13.2. The van der Waals surface area contributed by atoms with Gasteiger partial charge in [0.05, 0.1) is 23.1 Å². The van der Waals surface area contributed by atoms with Crippen LogP contribution in [0, 0.1) is 0 Å². The second-order valence-electron chi connectivity index (χ2n) is 5.66. The molecule has 2 heterocycles. The average Bonchev–Trinajstić information content (AvgIpc) is 3.26. The summed E-state index contributed by atoms with van der Waals surface area (Å²) in [6.07, 6.45) is 1.65. The molecule has 25 heavy (non-hydrogen) atoms. The Labute approximate surface area is 143 Å². The third-order valence-electron chi connectivity index (χ3n) is 3.98. The SMILES string of the molecule is C/C(=N\NC(=O)Cn1cnc2ccccc21)c1ccc2c(c1)OCO2. The minimum atomic E-state index is -0.219. The molecule has 4 rings (SSSR count). The van der Waals surface area contributed by atoms with Gasteiger partial charge in [-0.05, 0) is 37.3 Å². The van der Waals surface area contributed by atoms with Gasteiger partial charge >= 0.3 is 0 Å². The topological polar surface area (TPSA) is 77.7 Å². The summed E-state index contributed by atoms with van der Waals surface area (Å²) in [5.41, 5.74) is 5.89. The van der Waals surface area contributed by atoms with E-state index in [4.69, 9.17) is 9.47 Å². The zero-order valence-corrected chi connectivity index (χ0v) is 13.6. The highest BCUT2D eigenvalue weighted by Crippen LogP contribution is 2.32. The van der Waals surface area contributed by atoms with Crippen molar-refractivity contribution in [2.45, 2.75) is 13.5 Å². The molecule has 0 saturated heterocycles. The second-order valence-corrected chi connectivity index (χ2v) is 5.66. The number of amides is 1. The Hall–Kier alpha value is -3.35. The third kappa shape index (κ3) is 3.03. The number of para-hydroxylation sites is 2. The van der Waals surface area contributed by atoms with E-state index in [1.165, 1.54) is 0 Å². The molecule has 0 radical (unpaired) electrons. The van der Waals surface area contributed by atoms with Crippen LogP contribution in [0.5, 0.6) is 11.5 Å². The van der Waals surface area contributed by atoms with E-state index >= 15 is 0 Å². The van der Waals surface area contributed by atoms with E-state index in [2.05, 4.69) is 15.5 Å². The van der Waals surface area contributed by atoms with Crippen LogP contribution in [0.1, 0.15) is 12.5 Å². The molecule has 2 aromatic carbocycles. The maximum Gasteiger partial charge on any atom is 0.260 e. The standard InChI is InChI=1S/C18H16N4O3/c1-12(13-6-7-16-17(8-13)25-11-24-16)20-21-18(23)9-22-10-19-14-4-2-3-5-15(14)22/h2-8,10H,9,11H2,1H3,(H,21,23)/b20-12+. The van der Waals surface area contributed by atoms with Crippen molar-refractivity contribution in [1.82, 2.24) is 15.0 Å². The van der Waals surface area contributed by atoms with Crippen molar-refractivity contribution in [3.8, 4) is 11.5 Å². The lowest BCUT2D eigenvalue weighted by Gasteiger charge is -2.05. The lowest BCUT2D eigenvalue weighted by molar-refractivity contribution is -0.121. The van der Waals surface area contributed by atoms with Crippen LogP contribution in [0.4, 0.5) is 0 Å². The highest BCUT2D eigenvalue weighted by molar-refractivity contribution is 5.99.